The number of carbonyl (C=O) groups excluding carboxylic acids is 3. The number of urea groups is 1. The summed E-state index contributed by atoms with van der Waals surface area (Å²) in [5.41, 5.74) is 3.73. The van der Waals surface area contributed by atoms with Gasteiger partial charge in [-0.25, -0.2) is 4.79 Å². The molecule has 1 saturated heterocycles. The molecule has 0 unspecified atom stereocenters. The predicted molar refractivity (Wildman–Crippen MR) is 148 cm³/mol. The average molecular weight is 506 g/mol. The van der Waals surface area contributed by atoms with Crippen LogP contribution in [-0.2, 0) is 9.59 Å². The number of benzene rings is 2. The van der Waals surface area contributed by atoms with E-state index in [1.807, 2.05) is 67.3 Å². The van der Waals surface area contributed by atoms with Crippen LogP contribution in [0.15, 0.2) is 48.5 Å². The summed E-state index contributed by atoms with van der Waals surface area (Å²) in [6.45, 7) is 7.50. The van der Waals surface area contributed by atoms with Crippen molar-refractivity contribution in [3.05, 3.63) is 54.1 Å². The van der Waals surface area contributed by atoms with Crippen molar-refractivity contribution in [3.63, 3.8) is 0 Å². The maximum absolute atomic E-state index is 12.8. The number of hydrogen-bond acceptors (Lipinski definition) is 4. The van der Waals surface area contributed by atoms with Crippen LogP contribution in [0.25, 0.3) is 0 Å². The maximum atomic E-state index is 12.8. The maximum Gasteiger partial charge on any atom is 0.321 e. The van der Waals surface area contributed by atoms with Crippen LogP contribution in [0.2, 0.25) is 0 Å². The van der Waals surface area contributed by atoms with Crippen LogP contribution < -0.4 is 15.5 Å². The van der Waals surface area contributed by atoms with Crippen molar-refractivity contribution < 1.29 is 14.4 Å². The molecule has 8 heteroatoms. The summed E-state index contributed by atoms with van der Waals surface area (Å²) in [5, 5.41) is 5.91. The van der Waals surface area contributed by atoms with Gasteiger partial charge in [-0.15, -0.1) is 0 Å². The molecule has 0 radical (unpaired) electrons. The van der Waals surface area contributed by atoms with Crippen molar-refractivity contribution in [2.24, 2.45) is 5.92 Å². The second kappa shape index (κ2) is 12.6. The Morgan fingerprint density at radius 2 is 1.46 bits per heavy atom. The Bertz CT molecular complexity index is 1060. The molecule has 2 fully saturated rings. The molecule has 1 saturated carbocycles. The van der Waals surface area contributed by atoms with Crippen LogP contribution in [0.4, 0.5) is 21.9 Å². The van der Waals surface area contributed by atoms with Crippen LogP contribution >= 0.6 is 0 Å². The summed E-state index contributed by atoms with van der Waals surface area (Å²) in [7, 11) is 0. The van der Waals surface area contributed by atoms with Gasteiger partial charge in [0.1, 0.15) is 0 Å². The SMILES string of the molecule is CCCN(CC(=O)Nc1ccc(N2CCN(C(=O)Nc3ccc(C)cc3)CC2)cc1)C(=O)C1CCCC1. The first-order valence-corrected chi connectivity index (χ1v) is 13.5. The van der Waals surface area contributed by atoms with E-state index in [2.05, 4.69) is 15.5 Å². The Balaban J connectivity index is 1.24. The summed E-state index contributed by atoms with van der Waals surface area (Å²) in [5.74, 6) is 0.0325. The van der Waals surface area contributed by atoms with E-state index >= 15 is 0 Å². The Morgan fingerprint density at radius 3 is 2.08 bits per heavy atom. The van der Waals surface area contributed by atoms with Crippen molar-refractivity contribution in [2.45, 2.75) is 46.0 Å². The number of carbonyl (C=O) groups is 3. The molecule has 8 nitrogen and oxygen atoms in total. The summed E-state index contributed by atoms with van der Waals surface area (Å²) in [6.07, 6.45) is 4.91. The van der Waals surface area contributed by atoms with E-state index in [1.54, 1.807) is 4.90 Å². The number of anilines is 3. The molecule has 0 spiro atoms. The third-order valence-electron chi connectivity index (χ3n) is 7.23. The summed E-state index contributed by atoms with van der Waals surface area (Å²) in [4.78, 5) is 43.9. The molecule has 4 amide bonds. The highest BCUT2D eigenvalue weighted by molar-refractivity contribution is 5.95. The van der Waals surface area contributed by atoms with Crippen LogP contribution in [0, 0.1) is 12.8 Å². The Morgan fingerprint density at radius 1 is 0.865 bits per heavy atom. The number of rotatable bonds is 8. The number of nitrogens with zero attached hydrogens (tertiary/aromatic N) is 3. The minimum absolute atomic E-state index is 0.0766. The van der Waals surface area contributed by atoms with Crippen molar-refractivity contribution in [2.75, 3.05) is 54.8 Å². The fraction of sp³-hybridized carbons (Fsp3) is 0.483. The zero-order valence-electron chi connectivity index (χ0n) is 22.0. The van der Waals surface area contributed by atoms with Gasteiger partial charge in [-0.2, -0.15) is 0 Å². The lowest BCUT2D eigenvalue weighted by atomic mass is 10.1. The summed E-state index contributed by atoms with van der Waals surface area (Å²) >= 11 is 0. The van der Waals surface area contributed by atoms with E-state index in [9.17, 15) is 14.4 Å². The number of amides is 4. The van der Waals surface area contributed by atoms with Gasteiger partial charge >= 0.3 is 6.03 Å². The van der Waals surface area contributed by atoms with Gasteiger partial charge in [-0.3, -0.25) is 9.59 Å². The van der Waals surface area contributed by atoms with Gasteiger partial charge in [0.15, 0.2) is 0 Å². The second-order valence-corrected chi connectivity index (χ2v) is 10.1. The fourth-order valence-corrected chi connectivity index (χ4v) is 5.10. The molecule has 0 aromatic heterocycles. The van der Waals surface area contributed by atoms with Crippen molar-refractivity contribution in [1.82, 2.24) is 9.80 Å². The van der Waals surface area contributed by atoms with E-state index < -0.39 is 0 Å². The average Bonchev–Trinajstić information content (AvgIpc) is 3.45. The van der Waals surface area contributed by atoms with Crippen molar-refractivity contribution >= 4 is 34.9 Å². The van der Waals surface area contributed by atoms with Crippen molar-refractivity contribution in [1.29, 1.82) is 0 Å². The van der Waals surface area contributed by atoms with E-state index in [-0.39, 0.29) is 30.3 Å². The Labute approximate surface area is 220 Å². The van der Waals surface area contributed by atoms with Gasteiger partial charge in [0, 0.05) is 55.7 Å². The first-order valence-electron chi connectivity index (χ1n) is 13.5. The van der Waals surface area contributed by atoms with Crippen LogP contribution in [0.1, 0.15) is 44.6 Å². The lowest BCUT2D eigenvalue weighted by Gasteiger charge is -2.36. The van der Waals surface area contributed by atoms with Crippen LogP contribution in [0.5, 0.6) is 0 Å². The molecular weight excluding hydrogens is 466 g/mol. The second-order valence-electron chi connectivity index (χ2n) is 10.1. The van der Waals surface area contributed by atoms with Gasteiger partial charge in [-0.1, -0.05) is 37.5 Å². The Hall–Kier alpha value is -3.55. The highest BCUT2D eigenvalue weighted by Gasteiger charge is 2.28. The number of piperazine rings is 1. The first kappa shape index (κ1) is 26.5. The van der Waals surface area contributed by atoms with Gasteiger partial charge in [0.25, 0.3) is 0 Å². The first-order chi connectivity index (χ1) is 17.9. The highest BCUT2D eigenvalue weighted by Crippen LogP contribution is 2.27. The topological polar surface area (TPSA) is 85.0 Å². The van der Waals surface area contributed by atoms with Gasteiger partial charge < -0.3 is 25.3 Å². The third kappa shape index (κ3) is 7.24. The molecule has 1 aliphatic heterocycles. The zero-order chi connectivity index (χ0) is 26.2. The number of nitrogens with one attached hydrogen (secondary N) is 2. The monoisotopic (exact) mass is 505 g/mol. The van der Waals surface area contributed by atoms with E-state index in [0.29, 0.717) is 19.6 Å². The molecule has 0 atom stereocenters. The normalized spacial score (nSPS) is 15.9. The molecule has 1 aliphatic carbocycles. The third-order valence-corrected chi connectivity index (χ3v) is 7.23. The predicted octanol–water partition coefficient (Wildman–Crippen LogP) is 4.72. The van der Waals surface area contributed by atoms with E-state index in [1.165, 1.54) is 0 Å². The van der Waals surface area contributed by atoms with Gasteiger partial charge in [-0.05, 0) is 62.6 Å². The molecule has 2 aliphatic rings. The minimum atomic E-state index is -0.166. The quantitative estimate of drug-likeness (QED) is 0.544. The molecule has 198 valence electrons. The molecule has 2 aromatic carbocycles. The fourth-order valence-electron chi connectivity index (χ4n) is 5.10. The van der Waals surface area contributed by atoms with Gasteiger partial charge in [0.05, 0.1) is 6.54 Å². The zero-order valence-corrected chi connectivity index (χ0v) is 22.0. The highest BCUT2D eigenvalue weighted by atomic mass is 16.2. The van der Waals surface area contributed by atoms with Gasteiger partial charge in [0.2, 0.25) is 11.8 Å². The largest absolute Gasteiger partial charge is 0.368 e. The molecule has 1 heterocycles. The summed E-state index contributed by atoms with van der Waals surface area (Å²) in [6, 6.07) is 15.5. The number of hydrogen-bond donors (Lipinski definition) is 2. The molecular formula is C29H39N5O3. The summed E-state index contributed by atoms with van der Waals surface area (Å²) < 4.78 is 0. The smallest absolute Gasteiger partial charge is 0.321 e. The minimum Gasteiger partial charge on any atom is -0.368 e. The van der Waals surface area contributed by atoms with Crippen LogP contribution in [-0.4, -0.2) is 66.9 Å². The van der Waals surface area contributed by atoms with Crippen LogP contribution in [0.3, 0.4) is 0 Å². The number of aryl methyl sites for hydroxylation is 1. The molecule has 37 heavy (non-hydrogen) atoms. The molecule has 2 aromatic rings. The Kier molecular flexibility index (Phi) is 9.04. The molecule has 4 rings (SSSR count). The lowest BCUT2D eigenvalue weighted by molar-refractivity contribution is -0.138. The standard InChI is InChI=1S/C29H39N5O3/c1-3-16-34(28(36)23-6-4-5-7-23)21-27(35)30-24-12-14-26(15-13-24)32-17-19-33(20-18-32)29(37)31-25-10-8-22(2)9-11-25/h8-15,23H,3-7,16-21H2,1-2H3,(H,30,35)(H,31,37). The van der Waals surface area contributed by atoms with E-state index in [4.69, 9.17) is 0 Å². The molecule has 0 bridgehead atoms. The lowest BCUT2D eigenvalue weighted by Crippen LogP contribution is -2.50. The van der Waals surface area contributed by atoms with Crippen molar-refractivity contribution in [3.8, 4) is 0 Å². The molecule has 2 N–H and O–H groups in total. The van der Waals surface area contributed by atoms with E-state index in [0.717, 1.165) is 67.8 Å².